The molecule has 0 aliphatic heterocycles. The molecule has 0 aliphatic carbocycles. The Hall–Kier alpha value is -4.21. The number of aromatic nitrogens is 2. The van der Waals surface area contributed by atoms with Crippen LogP contribution < -0.4 is 5.32 Å². The fourth-order valence-corrected chi connectivity index (χ4v) is 2.45. The van der Waals surface area contributed by atoms with Gasteiger partial charge < -0.3 is 5.32 Å². The number of nitrogens with zero attached hydrogens (tertiary/aromatic N) is 5. The van der Waals surface area contributed by atoms with Crippen molar-refractivity contribution in [1.82, 2.24) is 9.97 Å². The number of hydrogen-bond donors (Lipinski definition) is 1. The first kappa shape index (κ1) is 16.6. The minimum atomic E-state index is -0.148. The van der Waals surface area contributed by atoms with E-state index in [0.717, 1.165) is 16.9 Å². The largest absolute Gasteiger partial charge is 0.355 e. The van der Waals surface area contributed by atoms with Gasteiger partial charge in [-0.3, -0.25) is 0 Å². The molecule has 0 fully saturated rings. The maximum Gasteiger partial charge on any atom is 0.178 e. The summed E-state index contributed by atoms with van der Waals surface area (Å²) in [5, 5.41) is 30.7. The molecule has 122 valence electrons. The molecule has 1 N–H and O–H groups in total. The van der Waals surface area contributed by atoms with Gasteiger partial charge in [0.2, 0.25) is 0 Å². The van der Waals surface area contributed by atoms with Crippen molar-refractivity contribution in [2.75, 3.05) is 5.32 Å². The SMILES string of the molecule is Cc1ccccc1Nc1ccc(-c2nc(C#N)c(C#N)nc2C#N)cc1. The lowest BCUT2D eigenvalue weighted by Gasteiger charge is -2.10. The van der Waals surface area contributed by atoms with Crippen LogP contribution in [0.25, 0.3) is 11.3 Å². The van der Waals surface area contributed by atoms with E-state index in [-0.39, 0.29) is 22.8 Å². The lowest BCUT2D eigenvalue weighted by Crippen LogP contribution is -2.01. The molecule has 0 bridgehead atoms. The highest BCUT2D eigenvalue weighted by atomic mass is 14.9. The standard InChI is InChI=1S/C20H12N6/c1-13-4-2-3-5-16(13)24-15-8-6-14(7-9-15)20-19(12-23)25-17(10-21)18(11-22)26-20/h2-9,24H,1H3. The average Bonchev–Trinajstić information content (AvgIpc) is 2.69. The van der Waals surface area contributed by atoms with Gasteiger partial charge in [-0.25, -0.2) is 9.97 Å². The monoisotopic (exact) mass is 336 g/mol. The number of aryl methyl sites for hydroxylation is 1. The molecule has 26 heavy (non-hydrogen) atoms. The minimum absolute atomic E-state index is 0.0140. The summed E-state index contributed by atoms with van der Waals surface area (Å²) in [6, 6.07) is 20.8. The van der Waals surface area contributed by atoms with E-state index in [1.807, 2.05) is 55.5 Å². The molecule has 3 aromatic rings. The highest BCUT2D eigenvalue weighted by molar-refractivity contribution is 5.70. The first-order chi connectivity index (χ1) is 12.7. The first-order valence-corrected chi connectivity index (χ1v) is 7.71. The molecule has 0 aliphatic rings. The Morgan fingerprint density at radius 2 is 1.38 bits per heavy atom. The molecule has 0 unspecified atom stereocenters. The van der Waals surface area contributed by atoms with Crippen molar-refractivity contribution in [2.45, 2.75) is 6.92 Å². The van der Waals surface area contributed by atoms with Gasteiger partial charge in [-0.15, -0.1) is 0 Å². The van der Waals surface area contributed by atoms with Crippen molar-refractivity contribution in [1.29, 1.82) is 15.8 Å². The van der Waals surface area contributed by atoms with Crippen LogP contribution in [0, 0.1) is 40.9 Å². The molecule has 6 heteroatoms. The lowest BCUT2D eigenvalue weighted by atomic mass is 10.1. The van der Waals surface area contributed by atoms with Crippen LogP contribution in [0.5, 0.6) is 0 Å². The molecule has 6 nitrogen and oxygen atoms in total. The fraction of sp³-hybridized carbons (Fsp3) is 0.0500. The highest BCUT2D eigenvalue weighted by Gasteiger charge is 2.15. The quantitative estimate of drug-likeness (QED) is 0.779. The minimum Gasteiger partial charge on any atom is -0.355 e. The molecule has 0 radical (unpaired) electrons. The molecule has 3 rings (SSSR count). The number of nitrogens with one attached hydrogen (secondary N) is 1. The molecular formula is C20H12N6. The molecule has 2 aromatic carbocycles. The lowest BCUT2D eigenvalue weighted by molar-refractivity contribution is 1.11. The van der Waals surface area contributed by atoms with Gasteiger partial charge in [0.05, 0.1) is 0 Å². The third-order valence-electron chi connectivity index (χ3n) is 3.80. The average molecular weight is 336 g/mol. The Morgan fingerprint density at radius 3 is 2.00 bits per heavy atom. The van der Waals surface area contributed by atoms with Crippen molar-refractivity contribution < 1.29 is 0 Å². The topological polar surface area (TPSA) is 109 Å². The van der Waals surface area contributed by atoms with E-state index in [9.17, 15) is 5.26 Å². The summed E-state index contributed by atoms with van der Waals surface area (Å²) in [6.45, 7) is 2.02. The normalized spacial score (nSPS) is 9.62. The van der Waals surface area contributed by atoms with E-state index in [0.29, 0.717) is 5.56 Å². The summed E-state index contributed by atoms with van der Waals surface area (Å²) < 4.78 is 0. The van der Waals surface area contributed by atoms with Gasteiger partial charge in [-0.1, -0.05) is 30.3 Å². The highest BCUT2D eigenvalue weighted by Crippen LogP contribution is 2.25. The van der Waals surface area contributed by atoms with Crippen molar-refractivity contribution in [3.8, 4) is 29.5 Å². The first-order valence-electron chi connectivity index (χ1n) is 7.71. The van der Waals surface area contributed by atoms with Crippen molar-refractivity contribution in [2.24, 2.45) is 0 Å². The predicted molar refractivity (Wildman–Crippen MR) is 96.1 cm³/mol. The summed E-state index contributed by atoms with van der Waals surface area (Å²) in [7, 11) is 0. The second-order valence-corrected chi connectivity index (χ2v) is 5.47. The molecule has 1 heterocycles. The van der Waals surface area contributed by atoms with Crippen LogP contribution in [0.3, 0.4) is 0 Å². The second-order valence-electron chi connectivity index (χ2n) is 5.47. The summed E-state index contributed by atoms with van der Waals surface area (Å²) in [5.74, 6) is 0. The van der Waals surface area contributed by atoms with Crippen LogP contribution in [-0.4, -0.2) is 9.97 Å². The van der Waals surface area contributed by atoms with Crippen LogP contribution in [0.1, 0.15) is 22.6 Å². The number of para-hydroxylation sites is 1. The molecule has 0 saturated carbocycles. The van der Waals surface area contributed by atoms with E-state index in [1.54, 1.807) is 18.2 Å². The van der Waals surface area contributed by atoms with E-state index in [2.05, 4.69) is 15.3 Å². The Balaban J connectivity index is 1.97. The van der Waals surface area contributed by atoms with Crippen LogP contribution in [0.15, 0.2) is 48.5 Å². The predicted octanol–water partition coefficient (Wildman–Crippen LogP) is 3.81. The van der Waals surface area contributed by atoms with Crippen LogP contribution in [-0.2, 0) is 0 Å². The van der Waals surface area contributed by atoms with Gasteiger partial charge in [0.15, 0.2) is 17.1 Å². The van der Waals surface area contributed by atoms with E-state index in [1.165, 1.54) is 0 Å². The summed E-state index contributed by atoms with van der Waals surface area (Å²) in [5.41, 5.74) is 3.71. The van der Waals surface area contributed by atoms with Gasteiger partial charge >= 0.3 is 0 Å². The Bertz CT molecular complexity index is 1100. The molecular weight excluding hydrogens is 324 g/mol. The zero-order chi connectivity index (χ0) is 18.5. The van der Waals surface area contributed by atoms with Gasteiger partial charge in [0.1, 0.15) is 23.9 Å². The number of hydrogen-bond acceptors (Lipinski definition) is 6. The number of benzene rings is 2. The number of rotatable bonds is 3. The van der Waals surface area contributed by atoms with Crippen LogP contribution in [0.2, 0.25) is 0 Å². The number of anilines is 2. The van der Waals surface area contributed by atoms with Crippen LogP contribution in [0.4, 0.5) is 11.4 Å². The molecule has 0 atom stereocenters. The second kappa shape index (κ2) is 7.13. The summed E-state index contributed by atoms with van der Waals surface area (Å²) in [4.78, 5) is 8.08. The zero-order valence-electron chi connectivity index (χ0n) is 13.9. The van der Waals surface area contributed by atoms with Gasteiger partial charge in [0, 0.05) is 16.9 Å². The molecule has 0 spiro atoms. The van der Waals surface area contributed by atoms with Crippen molar-refractivity contribution in [3.05, 3.63) is 71.2 Å². The third-order valence-corrected chi connectivity index (χ3v) is 3.80. The zero-order valence-corrected chi connectivity index (χ0v) is 13.9. The van der Waals surface area contributed by atoms with Crippen molar-refractivity contribution in [3.63, 3.8) is 0 Å². The van der Waals surface area contributed by atoms with Gasteiger partial charge in [-0.2, -0.15) is 15.8 Å². The maximum absolute atomic E-state index is 9.29. The third kappa shape index (κ3) is 3.19. The number of nitriles is 3. The molecule has 0 saturated heterocycles. The fourth-order valence-electron chi connectivity index (χ4n) is 2.45. The Kier molecular flexibility index (Phi) is 4.56. The van der Waals surface area contributed by atoms with E-state index < -0.39 is 0 Å². The van der Waals surface area contributed by atoms with Crippen molar-refractivity contribution >= 4 is 11.4 Å². The van der Waals surface area contributed by atoms with E-state index in [4.69, 9.17) is 10.5 Å². The maximum atomic E-state index is 9.29. The van der Waals surface area contributed by atoms with Gasteiger partial charge in [0.25, 0.3) is 0 Å². The summed E-state index contributed by atoms with van der Waals surface area (Å²) >= 11 is 0. The Morgan fingerprint density at radius 1 is 0.769 bits per heavy atom. The Labute approximate surface area is 150 Å². The van der Waals surface area contributed by atoms with Gasteiger partial charge in [-0.05, 0) is 30.7 Å². The molecule has 0 amide bonds. The summed E-state index contributed by atoms with van der Waals surface area (Å²) in [6.07, 6.45) is 0. The smallest absolute Gasteiger partial charge is 0.178 e. The van der Waals surface area contributed by atoms with E-state index >= 15 is 0 Å². The molecule has 1 aromatic heterocycles. The van der Waals surface area contributed by atoms with Crippen LogP contribution >= 0.6 is 0 Å².